The Morgan fingerprint density at radius 1 is 1.44 bits per heavy atom. The first kappa shape index (κ1) is 12.2. The zero-order valence-electron chi connectivity index (χ0n) is 11.3. The highest BCUT2D eigenvalue weighted by Gasteiger charge is 2.65. The summed E-state index contributed by atoms with van der Waals surface area (Å²) in [6.45, 7) is 6.64. The van der Waals surface area contributed by atoms with Crippen molar-refractivity contribution in [2.45, 2.75) is 46.1 Å². The second kappa shape index (κ2) is 3.38. The van der Waals surface area contributed by atoms with Gasteiger partial charge in [0.1, 0.15) is 0 Å². The van der Waals surface area contributed by atoms with Gasteiger partial charge < -0.3 is 10.2 Å². The van der Waals surface area contributed by atoms with Crippen LogP contribution in [0, 0.1) is 28.6 Å². The van der Waals surface area contributed by atoms with E-state index in [9.17, 15) is 15.0 Å². The van der Waals surface area contributed by atoms with Gasteiger partial charge in [-0.2, -0.15) is 0 Å². The molecule has 0 aromatic rings. The summed E-state index contributed by atoms with van der Waals surface area (Å²) in [5.41, 5.74) is 0.845. The number of hydrogen-bond acceptors (Lipinski definition) is 2. The maximum absolute atomic E-state index is 11.4. The second-order valence-electron chi connectivity index (χ2n) is 7.34. The minimum Gasteiger partial charge on any atom is -0.478 e. The number of carboxylic acid groups (broad SMARTS) is 1. The molecule has 3 nitrogen and oxygen atoms in total. The van der Waals surface area contributed by atoms with Crippen molar-refractivity contribution in [2.75, 3.05) is 0 Å². The molecule has 0 bridgehead atoms. The van der Waals surface area contributed by atoms with Crippen molar-refractivity contribution >= 4 is 5.97 Å². The fourth-order valence-corrected chi connectivity index (χ4v) is 5.22. The van der Waals surface area contributed by atoms with Gasteiger partial charge in [0, 0.05) is 5.57 Å². The summed E-state index contributed by atoms with van der Waals surface area (Å²) in [6.07, 6.45) is 4.39. The van der Waals surface area contributed by atoms with E-state index in [4.69, 9.17) is 0 Å². The second-order valence-corrected chi connectivity index (χ2v) is 7.34. The van der Waals surface area contributed by atoms with Crippen molar-refractivity contribution in [2.24, 2.45) is 28.6 Å². The molecule has 0 saturated heterocycles. The molecule has 2 saturated carbocycles. The third-order valence-corrected chi connectivity index (χ3v) is 5.80. The highest BCUT2D eigenvalue weighted by Crippen LogP contribution is 2.70. The van der Waals surface area contributed by atoms with E-state index in [-0.39, 0.29) is 28.8 Å². The van der Waals surface area contributed by atoms with Crippen LogP contribution in [0.15, 0.2) is 11.6 Å². The molecule has 0 aliphatic heterocycles. The maximum atomic E-state index is 11.4. The molecular weight excluding hydrogens is 228 g/mol. The molecule has 100 valence electrons. The Morgan fingerprint density at radius 3 is 2.72 bits per heavy atom. The largest absolute Gasteiger partial charge is 0.478 e. The van der Waals surface area contributed by atoms with Crippen LogP contribution >= 0.6 is 0 Å². The van der Waals surface area contributed by atoms with E-state index in [2.05, 4.69) is 20.8 Å². The lowest BCUT2D eigenvalue weighted by Crippen LogP contribution is -2.34. The van der Waals surface area contributed by atoms with Crippen molar-refractivity contribution in [1.29, 1.82) is 0 Å². The van der Waals surface area contributed by atoms with Gasteiger partial charge in [-0.3, -0.25) is 0 Å². The minimum atomic E-state index is -0.784. The monoisotopic (exact) mass is 250 g/mol. The van der Waals surface area contributed by atoms with Gasteiger partial charge in [-0.15, -0.1) is 0 Å². The predicted molar refractivity (Wildman–Crippen MR) is 67.9 cm³/mol. The van der Waals surface area contributed by atoms with Crippen molar-refractivity contribution in [1.82, 2.24) is 0 Å². The zero-order chi connectivity index (χ0) is 13.3. The molecule has 0 aromatic heterocycles. The summed E-state index contributed by atoms with van der Waals surface area (Å²) >= 11 is 0. The molecule has 3 aliphatic carbocycles. The van der Waals surface area contributed by atoms with Gasteiger partial charge in [0.05, 0.1) is 6.10 Å². The Morgan fingerprint density at radius 2 is 2.11 bits per heavy atom. The van der Waals surface area contributed by atoms with Crippen LogP contribution in [0.3, 0.4) is 0 Å². The number of hydrogen-bond donors (Lipinski definition) is 2. The number of aliphatic carboxylic acids is 1. The molecule has 2 N–H and O–H groups in total. The number of aliphatic hydroxyl groups is 1. The van der Waals surface area contributed by atoms with Crippen LogP contribution in [0.5, 0.6) is 0 Å². The van der Waals surface area contributed by atoms with Gasteiger partial charge in [-0.25, -0.2) is 4.79 Å². The van der Waals surface area contributed by atoms with E-state index in [1.54, 1.807) is 0 Å². The maximum Gasteiger partial charge on any atom is 0.331 e. The van der Waals surface area contributed by atoms with E-state index in [0.717, 1.165) is 12.8 Å². The molecule has 5 atom stereocenters. The summed E-state index contributed by atoms with van der Waals surface area (Å²) < 4.78 is 0. The van der Waals surface area contributed by atoms with E-state index < -0.39 is 5.97 Å². The van der Waals surface area contributed by atoms with Gasteiger partial charge >= 0.3 is 5.97 Å². The molecule has 0 radical (unpaired) electrons. The van der Waals surface area contributed by atoms with Crippen LogP contribution in [0.4, 0.5) is 0 Å². The average molecular weight is 250 g/mol. The molecule has 0 heterocycles. The third-order valence-electron chi connectivity index (χ3n) is 5.80. The summed E-state index contributed by atoms with van der Waals surface area (Å²) in [4.78, 5) is 11.4. The van der Waals surface area contributed by atoms with Gasteiger partial charge in [0.25, 0.3) is 0 Å². The van der Waals surface area contributed by atoms with Gasteiger partial charge in [-0.1, -0.05) is 26.8 Å². The van der Waals surface area contributed by atoms with Gasteiger partial charge in [0.15, 0.2) is 0 Å². The molecule has 0 amide bonds. The van der Waals surface area contributed by atoms with Crippen molar-refractivity contribution in [3.63, 3.8) is 0 Å². The summed E-state index contributed by atoms with van der Waals surface area (Å²) in [6, 6.07) is 0. The van der Waals surface area contributed by atoms with E-state index >= 15 is 0 Å². The van der Waals surface area contributed by atoms with Crippen LogP contribution < -0.4 is 0 Å². The van der Waals surface area contributed by atoms with Gasteiger partial charge in [-0.05, 0) is 47.8 Å². The molecule has 18 heavy (non-hydrogen) atoms. The summed E-state index contributed by atoms with van der Waals surface area (Å²) in [5.74, 6) is -0.169. The highest BCUT2D eigenvalue weighted by molar-refractivity contribution is 5.88. The Bertz CT molecular complexity index is 437. The molecular formula is C15H22O3. The van der Waals surface area contributed by atoms with Gasteiger partial charge in [0.2, 0.25) is 0 Å². The quantitative estimate of drug-likeness (QED) is 0.751. The summed E-state index contributed by atoms with van der Waals surface area (Å²) in [5, 5.41) is 19.6. The minimum absolute atomic E-state index is 0.0106. The number of carboxylic acids is 1. The fourth-order valence-electron chi connectivity index (χ4n) is 5.22. The topological polar surface area (TPSA) is 57.5 Å². The number of rotatable bonds is 1. The number of aliphatic hydroxyl groups excluding tert-OH is 1. The van der Waals surface area contributed by atoms with Crippen LogP contribution in [0.25, 0.3) is 0 Å². The first-order valence-electron chi connectivity index (χ1n) is 6.91. The number of allylic oxidation sites excluding steroid dienone is 1. The number of carbonyl (C=O) groups is 1. The zero-order valence-corrected chi connectivity index (χ0v) is 11.3. The first-order chi connectivity index (χ1) is 8.28. The van der Waals surface area contributed by atoms with Crippen molar-refractivity contribution < 1.29 is 15.0 Å². The van der Waals surface area contributed by atoms with Crippen molar-refractivity contribution in [3.05, 3.63) is 11.6 Å². The molecule has 1 spiro atoms. The van der Waals surface area contributed by atoms with Crippen molar-refractivity contribution in [3.8, 4) is 0 Å². The summed E-state index contributed by atoms with van der Waals surface area (Å²) in [7, 11) is 0. The standard InChI is InChI=1S/C15H22O3/c1-8-12(16)5-11-10(13(17)18)4-9-6-14(2,3)7-15(8,9)11/h4,8-9,11-12,16H,5-7H2,1-3H3,(H,17,18)/t8-,9-,11-,12+,15-/m0/s1. The first-order valence-corrected chi connectivity index (χ1v) is 6.91. The Balaban J connectivity index is 2.08. The van der Waals surface area contributed by atoms with E-state index in [1.807, 2.05) is 6.08 Å². The lowest BCUT2D eigenvalue weighted by Gasteiger charge is -2.36. The smallest absolute Gasteiger partial charge is 0.331 e. The SMILES string of the molecule is C[C@H]1[C@H](O)C[C@H]2C(C(=O)O)=C[C@H]3CC(C)(C)C[C@]321. The molecule has 3 heteroatoms. The van der Waals surface area contributed by atoms with Crippen LogP contribution in [-0.2, 0) is 4.79 Å². The lowest BCUT2D eigenvalue weighted by atomic mass is 9.67. The van der Waals surface area contributed by atoms with E-state index in [0.29, 0.717) is 17.9 Å². The van der Waals surface area contributed by atoms with E-state index in [1.165, 1.54) is 0 Å². The molecule has 0 aromatic carbocycles. The third kappa shape index (κ3) is 1.31. The Labute approximate surface area is 108 Å². The lowest BCUT2D eigenvalue weighted by molar-refractivity contribution is -0.133. The highest BCUT2D eigenvalue weighted by atomic mass is 16.4. The van der Waals surface area contributed by atoms with Crippen LogP contribution in [-0.4, -0.2) is 22.3 Å². The predicted octanol–water partition coefficient (Wildman–Crippen LogP) is 2.45. The average Bonchev–Trinajstić information content (AvgIpc) is 2.74. The molecule has 2 fully saturated rings. The molecule has 0 unspecified atom stereocenters. The normalized spacial score (nSPS) is 48.8. The Kier molecular flexibility index (Phi) is 2.30. The molecule has 3 aliphatic rings. The Hall–Kier alpha value is -0.830. The fraction of sp³-hybridized carbons (Fsp3) is 0.800. The van der Waals surface area contributed by atoms with Crippen LogP contribution in [0.1, 0.15) is 40.0 Å². The molecule has 3 rings (SSSR count). The van der Waals surface area contributed by atoms with Crippen LogP contribution in [0.2, 0.25) is 0 Å².